The highest BCUT2D eigenvalue weighted by Crippen LogP contribution is 2.20. The lowest BCUT2D eigenvalue weighted by Crippen LogP contribution is -2.16. The summed E-state index contributed by atoms with van der Waals surface area (Å²) in [4.78, 5) is 24.6. The van der Waals surface area contributed by atoms with Gasteiger partial charge in [0.25, 0.3) is 5.91 Å². The Labute approximate surface area is 127 Å². The molecule has 2 aromatic heterocycles. The van der Waals surface area contributed by atoms with Crippen molar-refractivity contribution in [3.05, 3.63) is 44.5 Å². The lowest BCUT2D eigenvalue weighted by molar-refractivity contribution is 0.102. The Bertz CT molecular complexity index is 646. The van der Waals surface area contributed by atoms with Gasteiger partial charge in [0.2, 0.25) is 0 Å². The van der Waals surface area contributed by atoms with Crippen LogP contribution in [0.4, 0.5) is 5.82 Å². The first-order valence-electron chi connectivity index (χ1n) is 5.41. The topological polar surface area (TPSA) is 67.8 Å². The Balaban J connectivity index is 2.25. The third-order valence-corrected chi connectivity index (χ3v) is 3.34. The van der Waals surface area contributed by atoms with Crippen molar-refractivity contribution in [3.8, 4) is 0 Å². The summed E-state index contributed by atoms with van der Waals surface area (Å²) < 4.78 is 1.05. The van der Waals surface area contributed by atoms with Crippen molar-refractivity contribution in [3.63, 3.8) is 0 Å². The fourth-order valence-electron chi connectivity index (χ4n) is 1.53. The molecule has 1 amide bonds. The summed E-state index contributed by atoms with van der Waals surface area (Å²) in [5, 5.41) is 2.69. The van der Waals surface area contributed by atoms with Gasteiger partial charge in [-0.05, 0) is 57.8 Å². The first-order chi connectivity index (χ1) is 8.97. The summed E-state index contributed by atoms with van der Waals surface area (Å²) in [7, 11) is 0. The number of amides is 1. The van der Waals surface area contributed by atoms with Crippen LogP contribution in [0.1, 0.15) is 21.7 Å². The van der Waals surface area contributed by atoms with Crippen molar-refractivity contribution in [1.82, 2.24) is 15.0 Å². The van der Waals surface area contributed by atoms with Crippen molar-refractivity contribution in [1.29, 1.82) is 0 Å². The molecule has 98 valence electrons. The predicted molar refractivity (Wildman–Crippen MR) is 79.1 cm³/mol. The van der Waals surface area contributed by atoms with E-state index in [1.165, 1.54) is 6.20 Å². The van der Waals surface area contributed by atoms with Crippen LogP contribution in [0.5, 0.6) is 0 Å². The number of aryl methyl sites for hydroxylation is 2. The number of carbonyl (C=O) groups is 1. The Morgan fingerprint density at radius 1 is 1.21 bits per heavy atom. The van der Waals surface area contributed by atoms with E-state index in [1.54, 1.807) is 19.1 Å². The van der Waals surface area contributed by atoms with E-state index in [-0.39, 0.29) is 5.91 Å². The molecule has 0 unspecified atom stereocenters. The number of hydrogen-bond donors (Lipinski definition) is 1. The minimum Gasteiger partial charge on any atom is -0.304 e. The largest absolute Gasteiger partial charge is 0.304 e. The molecule has 1 N–H and O–H groups in total. The number of pyridine rings is 1. The predicted octanol–water partition coefficient (Wildman–Crippen LogP) is 3.27. The van der Waals surface area contributed by atoms with Gasteiger partial charge in [-0.25, -0.2) is 9.97 Å². The first kappa shape index (κ1) is 14.1. The summed E-state index contributed by atoms with van der Waals surface area (Å²) >= 11 is 6.45. The van der Waals surface area contributed by atoms with E-state index in [0.29, 0.717) is 26.3 Å². The maximum atomic E-state index is 12.1. The highest BCUT2D eigenvalue weighted by molar-refractivity contribution is 9.11. The number of carbonyl (C=O) groups excluding carboxylic acids is 1. The third-order valence-electron chi connectivity index (χ3n) is 2.40. The molecule has 2 heterocycles. The molecule has 2 rings (SSSR count). The van der Waals surface area contributed by atoms with Crippen LogP contribution >= 0.6 is 31.9 Å². The molecule has 0 saturated heterocycles. The summed E-state index contributed by atoms with van der Waals surface area (Å²) in [5.41, 5.74) is 2.07. The maximum Gasteiger partial charge on any atom is 0.258 e. The lowest BCUT2D eigenvalue weighted by atomic mass is 10.2. The molecular formula is C12H10Br2N4O. The average Bonchev–Trinajstić information content (AvgIpc) is 2.32. The van der Waals surface area contributed by atoms with Crippen LogP contribution in [0, 0.1) is 13.8 Å². The number of nitrogens with zero attached hydrogens (tertiary/aromatic N) is 3. The molecule has 19 heavy (non-hydrogen) atoms. The number of hydrogen-bond acceptors (Lipinski definition) is 4. The second-order valence-corrected chi connectivity index (χ2v) is 5.44. The van der Waals surface area contributed by atoms with E-state index in [0.717, 1.165) is 5.69 Å². The smallest absolute Gasteiger partial charge is 0.258 e. The van der Waals surface area contributed by atoms with Gasteiger partial charge < -0.3 is 5.32 Å². The number of rotatable bonds is 2. The van der Waals surface area contributed by atoms with E-state index in [2.05, 4.69) is 52.1 Å². The normalized spacial score (nSPS) is 10.3. The van der Waals surface area contributed by atoms with Gasteiger partial charge in [-0.2, -0.15) is 0 Å². The van der Waals surface area contributed by atoms with Crippen molar-refractivity contribution in [2.75, 3.05) is 5.32 Å². The number of aromatic nitrogens is 3. The molecule has 7 heteroatoms. The molecule has 5 nitrogen and oxygen atoms in total. The van der Waals surface area contributed by atoms with Crippen molar-refractivity contribution >= 4 is 43.6 Å². The zero-order chi connectivity index (χ0) is 14.0. The van der Waals surface area contributed by atoms with Crippen LogP contribution in [0.2, 0.25) is 0 Å². The highest BCUT2D eigenvalue weighted by Gasteiger charge is 2.13. The van der Waals surface area contributed by atoms with Gasteiger partial charge >= 0.3 is 0 Å². The van der Waals surface area contributed by atoms with Crippen LogP contribution in [-0.2, 0) is 0 Å². The van der Waals surface area contributed by atoms with Gasteiger partial charge in [-0.3, -0.25) is 9.78 Å². The van der Waals surface area contributed by atoms with Gasteiger partial charge in [0, 0.05) is 5.69 Å². The quantitative estimate of drug-likeness (QED) is 0.861. The molecule has 0 radical (unpaired) electrons. The standard InChI is InChI=1S/C12H10Br2N4O/c1-6-3-4-8(7(2)16-6)12(19)18-11-10(14)17-9(13)5-15-11/h3-5H,1-2H3,(H,15,18,19). The first-order valence-corrected chi connectivity index (χ1v) is 6.99. The summed E-state index contributed by atoms with van der Waals surface area (Å²) in [6.07, 6.45) is 1.51. The van der Waals surface area contributed by atoms with Crippen LogP contribution in [0.15, 0.2) is 27.5 Å². The fraction of sp³-hybridized carbons (Fsp3) is 0.167. The van der Waals surface area contributed by atoms with E-state index >= 15 is 0 Å². The Morgan fingerprint density at radius 3 is 2.58 bits per heavy atom. The summed E-state index contributed by atoms with van der Waals surface area (Å²) in [5.74, 6) is 0.107. The maximum absolute atomic E-state index is 12.1. The number of anilines is 1. The average molecular weight is 386 g/mol. The third kappa shape index (κ3) is 3.36. The van der Waals surface area contributed by atoms with Crippen LogP contribution in [-0.4, -0.2) is 20.9 Å². The van der Waals surface area contributed by atoms with Crippen LogP contribution in [0.3, 0.4) is 0 Å². The Morgan fingerprint density at radius 2 is 1.95 bits per heavy atom. The molecule has 0 saturated carbocycles. The van der Waals surface area contributed by atoms with Crippen LogP contribution in [0.25, 0.3) is 0 Å². The molecule has 0 atom stereocenters. The minimum atomic E-state index is -0.262. The Kier molecular flexibility index (Phi) is 4.26. The zero-order valence-corrected chi connectivity index (χ0v) is 13.4. The highest BCUT2D eigenvalue weighted by atomic mass is 79.9. The SMILES string of the molecule is Cc1ccc(C(=O)Nc2ncc(Br)nc2Br)c(C)n1. The summed E-state index contributed by atoms with van der Waals surface area (Å²) in [6, 6.07) is 3.54. The lowest BCUT2D eigenvalue weighted by Gasteiger charge is -2.08. The summed E-state index contributed by atoms with van der Waals surface area (Å²) in [6.45, 7) is 3.68. The Hall–Kier alpha value is -1.34. The monoisotopic (exact) mass is 384 g/mol. The van der Waals surface area contributed by atoms with Gasteiger partial charge in [0.05, 0.1) is 17.5 Å². The molecule has 2 aromatic rings. The van der Waals surface area contributed by atoms with E-state index < -0.39 is 0 Å². The van der Waals surface area contributed by atoms with Crippen molar-refractivity contribution in [2.24, 2.45) is 0 Å². The fourth-order valence-corrected chi connectivity index (χ4v) is 2.44. The van der Waals surface area contributed by atoms with E-state index in [9.17, 15) is 4.79 Å². The molecule has 0 aliphatic rings. The molecule has 0 aliphatic carbocycles. The van der Waals surface area contributed by atoms with Crippen molar-refractivity contribution in [2.45, 2.75) is 13.8 Å². The number of nitrogens with one attached hydrogen (secondary N) is 1. The van der Waals surface area contributed by atoms with E-state index in [4.69, 9.17) is 0 Å². The van der Waals surface area contributed by atoms with Gasteiger partial charge in [-0.1, -0.05) is 0 Å². The zero-order valence-electron chi connectivity index (χ0n) is 10.2. The van der Waals surface area contributed by atoms with Gasteiger partial charge in [0.15, 0.2) is 5.82 Å². The molecule has 0 aliphatic heterocycles. The van der Waals surface area contributed by atoms with Gasteiger partial charge in [-0.15, -0.1) is 0 Å². The van der Waals surface area contributed by atoms with Crippen LogP contribution < -0.4 is 5.32 Å². The van der Waals surface area contributed by atoms with Gasteiger partial charge in [0.1, 0.15) is 9.21 Å². The second-order valence-electron chi connectivity index (χ2n) is 3.87. The molecular weight excluding hydrogens is 376 g/mol. The molecule has 0 bridgehead atoms. The molecule has 0 spiro atoms. The second kappa shape index (κ2) is 5.75. The molecule has 0 aromatic carbocycles. The number of halogens is 2. The minimum absolute atomic E-state index is 0.262. The molecule has 0 fully saturated rings. The van der Waals surface area contributed by atoms with Crippen molar-refractivity contribution < 1.29 is 4.79 Å². The van der Waals surface area contributed by atoms with E-state index in [1.807, 2.05) is 6.92 Å².